The Morgan fingerprint density at radius 1 is 0.594 bits per heavy atom. The van der Waals surface area contributed by atoms with Crippen molar-refractivity contribution in [1.82, 2.24) is 15.8 Å². The lowest BCUT2D eigenvalue weighted by Gasteiger charge is -2.39. The molecule has 4 N–H and O–H groups in total. The van der Waals surface area contributed by atoms with E-state index < -0.39 is 0 Å². The quantitative estimate of drug-likeness (QED) is 0.309. The summed E-state index contributed by atoms with van der Waals surface area (Å²) in [6, 6.07) is 1.81. The molecular weight excluding hydrogens is 396 g/mol. The van der Waals surface area contributed by atoms with E-state index in [0.29, 0.717) is 30.1 Å². The molecule has 0 bridgehead atoms. The molecule has 4 fully saturated rings. The van der Waals surface area contributed by atoms with E-state index in [1.54, 1.807) is 0 Å². The van der Waals surface area contributed by atoms with Gasteiger partial charge in [0.25, 0.3) is 0 Å². The largest absolute Gasteiger partial charge is 0.369 e. The van der Waals surface area contributed by atoms with Crippen molar-refractivity contribution in [3.63, 3.8) is 0 Å². The summed E-state index contributed by atoms with van der Waals surface area (Å²) in [5, 5.41) is 6.24. The van der Waals surface area contributed by atoms with Gasteiger partial charge in [-0.1, -0.05) is 77.0 Å². The summed E-state index contributed by atoms with van der Waals surface area (Å²) < 4.78 is 0. The molecule has 4 saturated carbocycles. The fourth-order valence-electron chi connectivity index (χ4n) is 6.20. The number of guanidine groups is 2. The van der Waals surface area contributed by atoms with E-state index in [-0.39, 0.29) is 0 Å². The van der Waals surface area contributed by atoms with Gasteiger partial charge in [-0.15, -0.1) is 0 Å². The van der Waals surface area contributed by atoms with Crippen LogP contribution >= 0.6 is 0 Å². The zero-order valence-corrected chi connectivity index (χ0v) is 20.4. The van der Waals surface area contributed by atoms with Crippen LogP contribution in [-0.2, 0) is 0 Å². The highest BCUT2D eigenvalue weighted by atomic mass is 15.6. The van der Waals surface area contributed by atoms with Crippen molar-refractivity contribution in [2.45, 2.75) is 153 Å². The third kappa shape index (κ3) is 7.28. The molecule has 0 amide bonds. The molecule has 0 radical (unpaired) electrons. The predicted octanol–water partition coefficient (Wildman–Crippen LogP) is 5.38. The molecule has 0 atom stereocenters. The molecule has 6 nitrogen and oxygen atoms in total. The molecule has 0 aromatic heterocycles. The van der Waals surface area contributed by atoms with Crippen molar-refractivity contribution >= 4 is 11.9 Å². The normalized spacial score (nSPS) is 26.1. The Hall–Kier alpha value is -1.46. The Labute approximate surface area is 196 Å². The number of nitrogens with one attached hydrogen (secondary N) is 2. The maximum absolute atomic E-state index is 6.53. The Kier molecular flexibility index (Phi) is 9.40. The summed E-state index contributed by atoms with van der Waals surface area (Å²) in [6.45, 7) is 0. The van der Waals surface area contributed by atoms with Crippen LogP contribution < -0.4 is 16.5 Å². The van der Waals surface area contributed by atoms with Crippen LogP contribution in [0.5, 0.6) is 0 Å². The van der Waals surface area contributed by atoms with Crippen LogP contribution in [0.25, 0.3) is 0 Å². The van der Waals surface area contributed by atoms with Crippen molar-refractivity contribution in [2.75, 3.05) is 0 Å². The second-order valence-corrected chi connectivity index (χ2v) is 10.8. The molecule has 6 heteroatoms. The third-order valence-corrected chi connectivity index (χ3v) is 8.12. The van der Waals surface area contributed by atoms with Crippen LogP contribution in [0.15, 0.2) is 9.98 Å². The van der Waals surface area contributed by atoms with E-state index in [4.69, 9.17) is 15.7 Å². The Morgan fingerprint density at radius 3 is 1.62 bits per heavy atom. The maximum Gasteiger partial charge on any atom is 0.213 e. The third-order valence-electron chi connectivity index (χ3n) is 8.12. The van der Waals surface area contributed by atoms with Crippen LogP contribution in [0, 0.1) is 0 Å². The summed E-state index contributed by atoms with van der Waals surface area (Å²) in [6.07, 6.45) is 25.6. The molecule has 32 heavy (non-hydrogen) atoms. The first-order valence-corrected chi connectivity index (χ1v) is 14.0. The van der Waals surface area contributed by atoms with Crippen LogP contribution in [-0.4, -0.2) is 41.1 Å². The minimum Gasteiger partial charge on any atom is -0.369 e. The van der Waals surface area contributed by atoms with Gasteiger partial charge in [0.15, 0.2) is 0 Å². The molecule has 0 aliphatic heterocycles. The van der Waals surface area contributed by atoms with Gasteiger partial charge >= 0.3 is 0 Å². The monoisotopic (exact) mass is 444 g/mol. The van der Waals surface area contributed by atoms with Crippen molar-refractivity contribution in [1.29, 1.82) is 0 Å². The number of aliphatic imine (C=N–C) groups is 2. The topological polar surface area (TPSA) is 78.0 Å². The molecule has 0 heterocycles. The van der Waals surface area contributed by atoms with Gasteiger partial charge in [0.1, 0.15) is 0 Å². The second kappa shape index (κ2) is 12.7. The van der Waals surface area contributed by atoms with Crippen LogP contribution in [0.1, 0.15) is 128 Å². The van der Waals surface area contributed by atoms with Crippen molar-refractivity contribution in [2.24, 2.45) is 15.7 Å². The number of nitrogens with two attached hydrogens (primary N) is 1. The van der Waals surface area contributed by atoms with Gasteiger partial charge in [-0.25, -0.2) is 9.98 Å². The Bertz CT molecular complexity index is 593. The smallest absolute Gasteiger partial charge is 0.213 e. The van der Waals surface area contributed by atoms with Crippen molar-refractivity contribution in [3.8, 4) is 0 Å². The van der Waals surface area contributed by atoms with Crippen molar-refractivity contribution in [3.05, 3.63) is 0 Å². The number of hydrogen-bond acceptors (Lipinski definition) is 2. The summed E-state index contributed by atoms with van der Waals surface area (Å²) in [5.74, 6) is 1.64. The SMILES string of the molecule is NC(=NC1CCCCC1)NN(C(=NC1CCCCC1)NC1CCCCC1)C1CCCCC1. The zero-order chi connectivity index (χ0) is 22.0. The van der Waals surface area contributed by atoms with Crippen LogP contribution in [0.4, 0.5) is 0 Å². The molecule has 4 rings (SSSR count). The van der Waals surface area contributed by atoms with Crippen LogP contribution in [0.2, 0.25) is 0 Å². The minimum absolute atomic E-state index is 0.384. The molecule has 0 aromatic carbocycles. The average Bonchev–Trinajstić information content (AvgIpc) is 2.85. The van der Waals surface area contributed by atoms with Crippen molar-refractivity contribution < 1.29 is 0 Å². The Morgan fingerprint density at radius 2 is 1.06 bits per heavy atom. The molecule has 0 spiro atoms. The van der Waals surface area contributed by atoms with E-state index >= 15 is 0 Å². The van der Waals surface area contributed by atoms with Gasteiger partial charge in [-0.3, -0.25) is 10.4 Å². The van der Waals surface area contributed by atoms with E-state index in [1.165, 1.54) is 128 Å². The minimum atomic E-state index is 0.384. The second-order valence-electron chi connectivity index (χ2n) is 10.8. The summed E-state index contributed by atoms with van der Waals surface area (Å²) in [4.78, 5) is 10.3. The average molecular weight is 445 g/mol. The van der Waals surface area contributed by atoms with Gasteiger partial charge in [0.05, 0.1) is 18.1 Å². The summed E-state index contributed by atoms with van der Waals surface area (Å²) in [7, 11) is 0. The predicted molar refractivity (Wildman–Crippen MR) is 135 cm³/mol. The number of nitrogens with zero attached hydrogens (tertiary/aromatic N) is 3. The zero-order valence-electron chi connectivity index (χ0n) is 20.4. The fourth-order valence-corrected chi connectivity index (χ4v) is 6.20. The highest BCUT2D eigenvalue weighted by Gasteiger charge is 2.28. The molecule has 0 unspecified atom stereocenters. The number of hydrogen-bond donors (Lipinski definition) is 3. The highest BCUT2D eigenvalue weighted by Crippen LogP contribution is 2.25. The summed E-state index contributed by atoms with van der Waals surface area (Å²) >= 11 is 0. The first-order valence-electron chi connectivity index (χ1n) is 14.0. The molecule has 0 saturated heterocycles. The van der Waals surface area contributed by atoms with E-state index in [0.717, 1.165) is 5.96 Å². The fraction of sp³-hybridized carbons (Fsp3) is 0.923. The molecular formula is C26H48N6. The van der Waals surface area contributed by atoms with Gasteiger partial charge < -0.3 is 11.1 Å². The Balaban J connectivity index is 1.53. The van der Waals surface area contributed by atoms with Gasteiger partial charge in [-0.05, 0) is 51.4 Å². The lowest BCUT2D eigenvalue weighted by Crippen LogP contribution is -2.60. The van der Waals surface area contributed by atoms with Crippen LogP contribution in [0.3, 0.4) is 0 Å². The molecule has 0 aromatic rings. The van der Waals surface area contributed by atoms with E-state index in [1.807, 2.05) is 0 Å². The molecule has 182 valence electrons. The van der Waals surface area contributed by atoms with Gasteiger partial charge in [0, 0.05) is 6.04 Å². The van der Waals surface area contributed by atoms with E-state index in [9.17, 15) is 0 Å². The number of rotatable bonds is 4. The molecule has 4 aliphatic rings. The first kappa shape index (κ1) is 23.7. The first-order chi connectivity index (χ1) is 15.8. The number of hydrazine groups is 1. The highest BCUT2D eigenvalue weighted by molar-refractivity contribution is 5.85. The molecule has 4 aliphatic carbocycles. The van der Waals surface area contributed by atoms with Gasteiger partial charge in [0.2, 0.25) is 11.9 Å². The maximum atomic E-state index is 6.53. The van der Waals surface area contributed by atoms with Gasteiger partial charge in [-0.2, -0.15) is 0 Å². The standard InChI is InChI=1S/C26H48N6/c27-25(28-21-13-5-1-6-14-21)31-32(24-19-11-4-12-20-24)26(29-22-15-7-2-8-16-22)30-23-17-9-3-10-18-23/h21-24H,1-20H2,(H,29,30)(H3,27,28,31). The van der Waals surface area contributed by atoms with E-state index in [2.05, 4.69) is 15.8 Å². The summed E-state index contributed by atoms with van der Waals surface area (Å²) in [5.41, 5.74) is 10.1. The lowest BCUT2D eigenvalue weighted by atomic mass is 9.94. The lowest BCUT2D eigenvalue weighted by molar-refractivity contribution is 0.203.